The highest BCUT2D eigenvalue weighted by atomic mass is 19.3. The van der Waals surface area contributed by atoms with E-state index in [0.717, 1.165) is 0 Å². The summed E-state index contributed by atoms with van der Waals surface area (Å²) in [7, 11) is 0. The van der Waals surface area contributed by atoms with E-state index in [-0.39, 0.29) is 5.69 Å². The van der Waals surface area contributed by atoms with E-state index in [4.69, 9.17) is 0 Å². The van der Waals surface area contributed by atoms with Gasteiger partial charge in [0.2, 0.25) is 0 Å². The molecule has 1 heterocycles. The van der Waals surface area contributed by atoms with Gasteiger partial charge in [0.15, 0.2) is 12.5 Å². The van der Waals surface area contributed by atoms with Crippen molar-refractivity contribution in [1.29, 1.82) is 0 Å². The van der Waals surface area contributed by atoms with E-state index in [2.05, 4.69) is 20.4 Å². The first-order chi connectivity index (χ1) is 9.09. The van der Waals surface area contributed by atoms with Crippen LogP contribution < -0.4 is 5.32 Å². The Morgan fingerprint density at radius 3 is 2.47 bits per heavy atom. The molecule has 0 bridgehead atoms. The molecule has 0 aliphatic carbocycles. The summed E-state index contributed by atoms with van der Waals surface area (Å²) in [5, 5.41) is 15.8. The molecular weight excluding hydrogens is 259 g/mol. The molecule has 19 heavy (non-hydrogen) atoms. The van der Waals surface area contributed by atoms with Gasteiger partial charge in [0.05, 0.1) is 11.9 Å². The van der Waals surface area contributed by atoms with Gasteiger partial charge in [-0.05, 0) is 24.3 Å². The molecule has 0 fully saturated rings. The third-order valence-corrected chi connectivity index (χ3v) is 2.12. The minimum atomic E-state index is -3.57. The number of halogens is 3. The number of rotatable bonds is 5. The molecule has 1 aromatic heterocycles. The molecule has 8 heteroatoms. The second-order valence-electron chi connectivity index (χ2n) is 3.65. The average molecular weight is 269 g/mol. The maximum absolute atomic E-state index is 12.7. The molecule has 0 radical (unpaired) electrons. The van der Waals surface area contributed by atoms with Gasteiger partial charge in [0.25, 0.3) is 0 Å². The molecule has 0 saturated heterocycles. The van der Waals surface area contributed by atoms with Gasteiger partial charge in [-0.3, -0.25) is 5.10 Å². The molecule has 2 aromatic rings. The number of aromatic nitrogens is 2. The summed E-state index contributed by atoms with van der Waals surface area (Å²) in [6.45, 7) is -1.77. The van der Waals surface area contributed by atoms with Crippen molar-refractivity contribution in [3.05, 3.63) is 36.5 Å². The van der Waals surface area contributed by atoms with Gasteiger partial charge >= 0.3 is 6.05 Å². The predicted molar refractivity (Wildman–Crippen MR) is 63.8 cm³/mol. The minimum absolute atomic E-state index is 0.100. The summed E-state index contributed by atoms with van der Waals surface area (Å²) in [5.74, 6) is 0.478. The second kappa shape index (κ2) is 5.51. The van der Waals surface area contributed by atoms with E-state index in [0.29, 0.717) is 11.5 Å². The van der Waals surface area contributed by atoms with Crippen molar-refractivity contribution >= 4 is 17.2 Å². The van der Waals surface area contributed by atoms with Gasteiger partial charge < -0.3 is 5.32 Å². The molecule has 5 nitrogen and oxygen atoms in total. The lowest BCUT2D eigenvalue weighted by molar-refractivity contribution is 0.00684. The number of alkyl halides is 3. The zero-order valence-electron chi connectivity index (χ0n) is 9.65. The fourth-order valence-electron chi connectivity index (χ4n) is 1.27. The van der Waals surface area contributed by atoms with Crippen LogP contribution in [0.3, 0.4) is 0 Å². The van der Waals surface area contributed by atoms with Crippen molar-refractivity contribution in [2.75, 3.05) is 12.0 Å². The summed E-state index contributed by atoms with van der Waals surface area (Å²) < 4.78 is 37.4. The molecule has 2 N–H and O–H groups in total. The summed E-state index contributed by atoms with van der Waals surface area (Å²) in [6, 6.07) is 3.75. The third-order valence-electron chi connectivity index (χ3n) is 2.12. The number of hydrogen-bond donors (Lipinski definition) is 2. The van der Waals surface area contributed by atoms with Crippen LogP contribution in [0.15, 0.2) is 46.8 Å². The number of nitrogens with zero attached hydrogens (tertiary/aromatic N) is 3. The quantitative estimate of drug-likeness (QED) is 0.640. The highest BCUT2D eigenvalue weighted by Crippen LogP contribution is 2.23. The lowest BCUT2D eigenvalue weighted by atomic mass is 10.3. The molecule has 0 aliphatic heterocycles. The first-order valence-electron chi connectivity index (χ1n) is 5.32. The highest BCUT2D eigenvalue weighted by Gasteiger charge is 2.28. The van der Waals surface area contributed by atoms with Gasteiger partial charge in [0.1, 0.15) is 0 Å². The maximum Gasteiger partial charge on any atom is 0.351 e. The fourth-order valence-corrected chi connectivity index (χ4v) is 1.27. The van der Waals surface area contributed by atoms with Crippen LogP contribution in [0.2, 0.25) is 0 Å². The Bertz CT molecular complexity index is 536. The molecular formula is C11H10F3N5. The zero-order valence-corrected chi connectivity index (χ0v) is 9.65. The predicted octanol–water partition coefficient (Wildman–Crippen LogP) is 3.80. The van der Waals surface area contributed by atoms with E-state index < -0.39 is 12.7 Å². The summed E-state index contributed by atoms with van der Waals surface area (Å²) in [6.07, 6.45) is 1.53. The van der Waals surface area contributed by atoms with Crippen LogP contribution in [0.5, 0.6) is 0 Å². The Morgan fingerprint density at radius 2 is 1.89 bits per heavy atom. The highest BCUT2D eigenvalue weighted by molar-refractivity contribution is 5.51. The molecule has 0 spiro atoms. The molecule has 2 rings (SSSR count). The van der Waals surface area contributed by atoms with Crippen LogP contribution in [0.25, 0.3) is 0 Å². The minimum Gasteiger partial charge on any atom is -0.325 e. The normalized spacial score (nSPS) is 11.9. The van der Waals surface area contributed by atoms with Gasteiger partial charge in [-0.1, -0.05) is 0 Å². The van der Waals surface area contributed by atoms with Gasteiger partial charge in [-0.25, -0.2) is 4.39 Å². The van der Waals surface area contributed by atoms with E-state index in [1.54, 1.807) is 11.4 Å². The standard InChI is InChI=1S/C11H10F3N5/c12-7-11(13,14)16-8-1-3-9(4-2-8)17-19-10-5-6-15-18-10/h1-6,16H,7H2,(H,15,18). The third kappa shape index (κ3) is 3.80. The number of azo groups is 1. The lowest BCUT2D eigenvalue weighted by Gasteiger charge is -2.15. The van der Waals surface area contributed by atoms with Crippen LogP contribution in [-0.4, -0.2) is 22.9 Å². The van der Waals surface area contributed by atoms with E-state index in [1.807, 2.05) is 0 Å². The lowest BCUT2D eigenvalue weighted by Crippen LogP contribution is -2.29. The SMILES string of the molecule is FCC(F)(F)Nc1ccc(N=Nc2ccn[nH]2)cc1. The molecule has 100 valence electrons. The number of H-pyrrole nitrogens is 1. The number of benzene rings is 1. The van der Waals surface area contributed by atoms with Crippen molar-refractivity contribution in [2.45, 2.75) is 6.05 Å². The topological polar surface area (TPSA) is 65.4 Å². The van der Waals surface area contributed by atoms with Crippen LogP contribution in [0.1, 0.15) is 0 Å². The van der Waals surface area contributed by atoms with Crippen molar-refractivity contribution in [3.8, 4) is 0 Å². The van der Waals surface area contributed by atoms with Crippen molar-refractivity contribution in [1.82, 2.24) is 10.2 Å². The Labute approximate surface area is 106 Å². The smallest absolute Gasteiger partial charge is 0.325 e. The van der Waals surface area contributed by atoms with Crippen molar-refractivity contribution < 1.29 is 13.2 Å². The number of hydrogen-bond acceptors (Lipinski definition) is 4. The Morgan fingerprint density at radius 1 is 1.16 bits per heavy atom. The fraction of sp³-hybridized carbons (Fsp3) is 0.182. The zero-order chi connectivity index (χ0) is 13.7. The van der Waals surface area contributed by atoms with E-state index in [9.17, 15) is 13.2 Å². The maximum atomic E-state index is 12.7. The van der Waals surface area contributed by atoms with Gasteiger partial charge in [-0.15, -0.1) is 10.2 Å². The number of nitrogens with one attached hydrogen (secondary N) is 2. The monoisotopic (exact) mass is 269 g/mol. The Kier molecular flexibility index (Phi) is 3.79. The van der Waals surface area contributed by atoms with Crippen LogP contribution in [0.4, 0.5) is 30.4 Å². The van der Waals surface area contributed by atoms with Crippen LogP contribution in [0, 0.1) is 0 Å². The molecule has 1 aromatic carbocycles. The first kappa shape index (κ1) is 13.1. The summed E-state index contributed by atoms with van der Waals surface area (Å²) in [5.41, 5.74) is 0.576. The number of aromatic amines is 1. The van der Waals surface area contributed by atoms with Crippen LogP contribution >= 0.6 is 0 Å². The molecule has 0 saturated carbocycles. The average Bonchev–Trinajstić information content (AvgIpc) is 2.91. The molecule has 0 atom stereocenters. The largest absolute Gasteiger partial charge is 0.351 e. The first-order valence-corrected chi connectivity index (χ1v) is 5.32. The van der Waals surface area contributed by atoms with Gasteiger partial charge in [-0.2, -0.15) is 13.9 Å². The van der Waals surface area contributed by atoms with E-state index in [1.165, 1.54) is 30.5 Å². The van der Waals surface area contributed by atoms with Gasteiger partial charge in [0, 0.05) is 11.8 Å². The van der Waals surface area contributed by atoms with E-state index >= 15 is 0 Å². The summed E-state index contributed by atoms with van der Waals surface area (Å²) in [4.78, 5) is 0. The molecule has 0 unspecified atom stereocenters. The van der Waals surface area contributed by atoms with Crippen LogP contribution in [-0.2, 0) is 0 Å². The molecule has 0 aliphatic rings. The Hall–Kier alpha value is -2.38. The van der Waals surface area contributed by atoms with Crippen molar-refractivity contribution in [2.24, 2.45) is 10.2 Å². The molecule has 0 amide bonds. The van der Waals surface area contributed by atoms with Crippen molar-refractivity contribution in [3.63, 3.8) is 0 Å². The summed E-state index contributed by atoms with van der Waals surface area (Å²) >= 11 is 0. The Balaban J connectivity index is 2.02. The second-order valence-corrected chi connectivity index (χ2v) is 3.65. The number of anilines is 1.